The minimum Gasteiger partial charge on any atom is -0.205 e. The Kier molecular flexibility index (Phi) is 13.7. The second-order valence-corrected chi connectivity index (χ2v) is 8.71. The second kappa shape index (κ2) is 16.9. The number of aryl methyl sites for hydroxylation is 1. The maximum absolute atomic E-state index is 2.32. The van der Waals surface area contributed by atoms with Gasteiger partial charge in [0.05, 0.1) is 0 Å². The van der Waals surface area contributed by atoms with E-state index in [1.165, 1.54) is 101 Å². The summed E-state index contributed by atoms with van der Waals surface area (Å²) in [6, 6.07) is 14.9. The van der Waals surface area contributed by atoms with Gasteiger partial charge in [0.2, 0.25) is 0 Å². The lowest BCUT2D eigenvalue weighted by Gasteiger charge is -2.03. The summed E-state index contributed by atoms with van der Waals surface area (Å²) < 4.78 is 2.32. The molecule has 0 saturated carbocycles. The van der Waals surface area contributed by atoms with E-state index in [-0.39, 0.29) is 0 Å². The van der Waals surface area contributed by atoms with Crippen LogP contribution in [0.5, 0.6) is 0 Å². The van der Waals surface area contributed by atoms with E-state index < -0.39 is 0 Å². The molecule has 0 bridgehead atoms. The van der Waals surface area contributed by atoms with Crippen molar-refractivity contribution in [1.29, 1.82) is 0 Å². The molecule has 0 spiro atoms. The Labute approximate surface area is 186 Å². The number of benzene rings is 1. The highest BCUT2D eigenvalue weighted by atomic mass is 14.9. The molecule has 1 aromatic carbocycles. The molecule has 0 aliphatic rings. The average Bonchev–Trinajstić information content (AvgIpc) is 2.79. The Balaban J connectivity index is 1.43. The van der Waals surface area contributed by atoms with Crippen molar-refractivity contribution in [2.75, 3.05) is 0 Å². The first kappa shape index (κ1) is 24.4. The molecule has 1 nitrogen and oxygen atoms in total. The van der Waals surface area contributed by atoms with E-state index in [0.717, 1.165) is 6.54 Å². The van der Waals surface area contributed by atoms with E-state index in [1.807, 2.05) is 0 Å². The smallest absolute Gasteiger partial charge is 0.169 e. The van der Waals surface area contributed by atoms with E-state index >= 15 is 0 Å². The van der Waals surface area contributed by atoms with Crippen LogP contribution in [0, 0.1) is 0 Å². The molecule has 0 aliphatic carbocycles. The molecule has 0 atom stereocenters. The molecule has 0 unspecified atom stereocenters. The lowest BCUT2D eigenvalue weighted by molar-refractivity contribution is -0.697. The Hall–Kier alpha value is -1.89. The summed E-state index contributed by atoms with van der Waals surface area (Å²) in [5.41, 5.74) is 2.51. The number of nitrogens with zero attached hydrogens (tertiary/aromatic N) is 1. The van der Waals surface area contributed by atoms with Gasteiger partial charge in [0.25, 0.3) is 0 Å². The van der Waals surface area contributed by atoms with E-state index in [4.69, 9.17) is 0 Å². The van der Waals surface area contributed by atoms with Crippen molar-refractivity contribution in [3.8, 4) is 0 Å². The first-order chi connectivity index (χ1) is 14.9. The molecule has 0 saturated heterocycles. The number of unbranched alkanes of at least 4 members (excludes halogenated alkanes) is 13. The molecule has 2 rings (SSSR count). The molecule has 0 fully saturated rings. The highest BCUT2D eigenvalue weighted by molar-refractivity contribution is 5.68. The monoisotopic (exact) mass is 406 g/mol. The van der Waals surface area contributed by atoms with Crippen molar-refractivity contribution < 1.29 is 4.57 Å². The number of hydrogen-bond donors (Lipinski definition) is 0. The molecule has 1 aromatic heterocycles. The molecule has 0 aliphatic heterocycles. The number of hydrogen-bond acceptors (Lipinski definition) is 0. The van der Waals surface area contributed by atoms with Crippen LogP contribution in [-0.2, 0) is 6.54 Å². The Morgan fingerprint density at radius 1 is 0.533 bits per heavy atom. The van der Waals surface area contributed by atoms with E-state index in [2.05, 4.69) is 78.5 Å². The van der Waals surface area contributed by atoms with Gasteiger partial charge in [-0.15, -0.1) is 0 Å². The van der Waals surface area contributed by atoms with Gasteiger partial charge < -0.3 is 0 Å². The number of rotatable bonds is 17. The van der Waals surface area contributed by atoms with Gasteiger partial charge in [-0.2, -0.15) is 0 Å². The zero-order valence-corrected chi connectivity index (χ0v) is 19.4. The molecule has 1 heteroatoms. The van der Waals surface area contributed by atoms with Crippen molar-refractivity contribution in [2.45, 2.75) is 103 Å². The predicted octanol–water partition coefficient (Wildman–Crippen LogP) is 8.63. The normalized spacial score (nSPS) is 11.4. The van der Waals surface area contributed by atoms with Gasteiger partial charge in [-0.1, -0.05) is 126 Å². The first-order valence-electron chi connectivity index (χ1n) is 12.6. The zero-order valence-electron chi connectivity index (χ0n) is 19.4. The largest absolute Gasteiger partial charge is 0.205 e. The Morgan fingerprint density at radius 2 is 0.967 bits per heavy atom. The van der Waals surface area contributed by atoms with Crippen LogP contribution >= 0.6 is 0 Å². The topological polar surface area (TPSA) is 3.88 Å². The molecular formula is C29H44N+. The van der Waals surface area contributed by atoms with Gasteiger partial charge in [0.15, 0.2) is 12.4 Å². The van der Waals surface area contributed by atoms with Crippen molar-refractivity contribution in [3.63, 3.8) is 0 Å². The molecule has 0 N–H and O–H groups in total. The summed E-state index contributed by atoms with van der Waals surface area (Å²) in [6.45, 7) is 3.43. The van der Waals surface area contributed by atoms with Crippen LogP contribution < -0.4 is 4.57 Å². The number of aromatic nitrogens is 1. The Morgan fingerprint density at radius 3 is 1.47 bits per heavy atom. The molecule has 0 radical (unpaired) electrons. The van der Waals surface area contributed by atoms with Crippen LogP contribution in [0.2, 0.25) is 0 Å². The maximum atomic E-state index is 2.32. The van der Waals surface area contributed by atoms with Crippen LogP contribution in [0.3, 0.4) is 0 Å². The molecule has 164 valence electrons. The van der Waals surface area contributed by atoms with Crippen molar-refractivity contribution >= 4 is 12.2 Å². The highest BCUT2D eigenvalue weighted by Gasteiger charge is 2.00. The van der Waals surface area contributed by atoms with Gasteiger partial charge >= 0.3 is 0 Å². The maximum Gasteiger partial charge on any atom is 0.169 e. The van der Waals surface area contributed by atoms with E-state index in [1.54, 1.807) is 0 Å². The lowest BCUT2D eigenvalue weighted by atomic mass is 10.0. The summed E-state index contributed by atoms with van der Waals surface area (Å²) in [5, 5.41) is 0. The minimum absolute atomic E-state index is 1.14. The Bertz CT molecular complexity index is 657. The van der Waals surface area contributed by atoms with Crippen LogP contribution in [-0.4, -0.2) is 0 Å². The zero-order chi connectivity index (χ0) is 21.1. The van der Waals surface area contributed by atoms with Crippen LogP contribution in [0.15, 0.2) is 54.9 Å². The fourth-order valence-electron chi connectivity index (χ4n) is 3.97. The molecule has 2 aromatic rings. The van der Waals surface area contributed by atoms with E-state index in [9.17, 15) is 0 Å². The fraction of sp³-hybridized carbons (Fsp3) is 0.552. The van der Waals surface area contributed by atoms with Gasteiger partial charge in [-0.25, -0.2) is 4.57 Å². The van der Waals surface area contributed by atoms with Gasteiger partial charge in [-0.05, 0) is 17.5 Å². The minimum atomic E-state index is 1.14. The third kappa shape index (κ3) is 12.0. The fourth-order valence-corrected chi connectivity index (χ4v) is 3.97. The van der Waals surface area contributed by atoms with Crippen molar-refractivity contribution in [1.82, 2.24) is 0 Å². The molecule has 30 heavy (non-hydrogen) atoms. The second-order valence-electron chi connectivity index (χ2n) is 8.71. The van der Waals surface area contributed by atoms with Gasteiger partial charge in [-0.3, -0.25) is 0 Å². The van der Waals surface area contributed by atoms with Crippen LogP contribution in [0.25, 0.3) is 12.2 Å². The lowest BCUT2D eigenvalue weighted by Crippen LogP contribution is -2.32. The summed E-state index contributed by atoms with van der Waals surface area (Å²) in [6.07, 6.45) is 28.7. The summed E-state index contributed by atoms with van der Waals surface area (Å²) in [5.74, 6) is 0. The quantitative estimate of drug-likeness (QED) is 0.183. The molecule has 1 heterocycles. The van der Waals surface area contributed by atoms with Gasteiger partial charge in [0.1, 0.15) is 6.54 Å². The number of pyridine rings is 1. The third-order valence-electron chi connectivity index (χ3n) is 5.95. The van der Waals surface area contributed by atoms with Crippen molar-refractivity contribution in [2.24, 2.45) is 0 Å². The molecular weight excluding hydrogens is 362 g/mol. The predicted molar refractivity (Wildman–Crippen MR) is 132 cm³/mol. The van der Waals surface area contributed by atoms with Crippen LogP contribution in [0.1, 0.15) is 108 Å². The van der Waals surface area contributed by atoms with Crippen molar-refractivity contribution in [3.05, 3.63) is 66.0 Å². The average molecular weight is 407 g/mol. The standard InChI is InChI=1S/C29H44N/c1-2-3-4-5-6-7-8-9-10-11-12-13-14-18-25-30-26-23-29(24-27-30)22-21-28-19-16-15-17-20-28/h15-17,19-24,26-27H,2-14,18,25H2,1H3/q+1. The highest BCUT2D eigenvalue weighted by Crippen LogP contribution is 2.13. The van der Waals surface area contributed by atoms with Crippen LogP contribution in [0.4, 0.5) is 0 Å². The SMILES string of the molecule is CCCCCCCCCCCCCCCC[n+]1ccc(C=Cc2ccccc2)cc1. The summed E-state index contributed by atoms with van der Waals surface area (Å²) in [4.78, 5) is 0. The van der Waals surface area contributed by atoms with Gasteiger partial charge in [0, 0.05) is 18.6 Å². The first-order valence-corrected chi connectivity index (χ1v) is 12.6. The molecule has 0 amide bonds. The van der Waals surface area contributed by atoms with E-state index in [0.29, 0.717) is 0 Å². The summed E-state index contributed by atoms with van der Waals surface area (Å²) in [7, 11) is 0. The third-order valence-corrected chi connectivity index (χ3v) is 5.95. The summed E-state index contributed by atoms with van der Waals surface area (Å²) >= 11 is 0.